The molecule has 0 aliphatic rings. The molecule has 0 aromatic heterocycles. The van der Waals surface area contributed by atoms with Crippen molar-refractivity contribution in [3.63, 3.8) is 0 Å². The molecule has 0 saturated heterocycles. The third kappa shape index (κ3) is 6.72. The van der Waals surface area contributed by atoms with Gasteiger partial charge in [0.15, 0.2) is 0 Å². The van der Waals surface area contributed by atoms with E-state index >= 15 is 0 Å². The SMILES string of the molecule is CC(C)C(N)CCN(C)C(=O)CNC(=O)Cc1ccccc1. The smallest absolute Gasteiger partial charge is 0.241 e. The van der Waals surface area contributed by atoms with E-state index in [9.17, 15) is 9.59 Å². The molecule has 0 saturated carbocycles. The van der Waals surface area contributed by atoms with Crippen molar-refractivity contribution < 1.29 is 9.59 Å². The lowest BCUT2D eigenvalue weighted by molar-refractivity contribution is -0.131. The first-order valence-corrected chi connectivity index (χ1v) is 7.70. The van der Waals surface area contributed by atoms with Crippen LogP contribution >= 0.6 is 0 Å². The van der Waals surface area contributed by atoms with E-state index in [1.54, 1.807) is 11.9 Å². The van der Waals surface area contributed by atoms with Gasteiger partial charge in [-0.2, -0.15) is 0 Å². The van der Waals surface area contributed by atoms with Crippen molar-refractivity contribution >= 4 is 11.8 Å². The summed E-state index contributed by atoms with van der Waals surface area (Å²) < 4.78 is 0. The van der Waals surface area contributed by atoms with Gasteiger partial charge in [0.2, 0.25) is 11.8 Å². The second-order valence-electron chi connectivity index (χ2n) is 5.95. The fourth-order valence-electron chi connectivity index (χ4n) is 1.95. The van der Waals surface area contributed by atoms with E-state index < -0.39 is 0 Å². The summed E-state index contributed by atoms with van der Waals surface area (Å²) in [4.78, 5) is 25.4. The molecule has 0 spiro atoms. The largest absolute Gasteiger partial charge is 0.347 e. The Balaban J connectivity index is 2.28. The second-order valence-corrected chi connectivity index (χ2v) is 5.95. The fraction of sp³-hybridized carbons (Fsp3) is 0.529. The first-order valence-electron chi connectivity index (χ1n) is 7.70. The molecule has 0 bridgehead atoms. The highest BCUT2D eigenvalue weighted by atomic mass is 16.2. The molecule has 1 rings (SSSR count). The monoisotopic (exact) mass is 305 g/mol. The minimum Gasteiger partial charge on any atom is -0.347 e. The van der Waals surface area contributed by atoms with Crippen molar-refractivity contribution in [2.24, 2.45) is 11.7 Å². The number of benzene rings is 1. The molecular weight excluding hydrogens is 278 g/mol. The van der Waals surface area contributed by atoms with E-state index in [1.165, 1.54) is 0 Å². The molecule has 5 nitrogen and oxygen atoms in total. The standard InChI is InChI=1S/C17H27N3O2/c1-13(2)15(18)9-10-20(3)17(22)12-19-16(21)11-14-7-5-4-6-8-14/h4-8,13,15H,9-12,18H2,1-3H3,(H,19,21). The number of carbonyl (C=O) groups excluding carboxylic acids is 2. The van der Waals surface area contributed by atoms with E-state index in [0.29, 0.717) is 12.5 Å². The van der Waals surface area contributed by atoms with Crippen LogP contribution in [0.15, 0.2) is 30.3 Å². The Morgan fingerprint density at radius 3 is 2.45 bits per heavy atom. The molecule has 0 heterocycles. The first-order chi connectivity index (χ1) is 10.4. The predicted octanol–water partition coefficient (Wildman–Crippen LogP) is 1.18. The van der Waals surface area contributed by atoms with Crippen molar-refractivity contribution in [1.82, 2.24) is 10.2 Å². The number of nitrogens with zero attached hydrogens (tertiary/aromatic N) is 1. The second kappa shape index (κ2) is 9.20. The Morgan fingerprint density at radius 2 is 1.86 bits per heavy atom. The van der Waals surface area contributed by atoms with Gasteiger partial charge >= 0.3 is 0 Å². The summed E-state index contributed by atoms with van der Waals surface area (Å²) in [5, 5.41) is 2.66. The summed E-state index contributed by atoms with van der Waals surface area (Å²) in [6.07, 6.45) is 1.05. The van der Waals surface area contributed by atoms with E-state index in [4.69, 9.17) is 5.73 Å². The molecule has 0 aliphatic carbocycles. The van der Waals surface area contributed by atoms with Crippen LogP contribution in [0.3, 0.4) is 0 Å². The summed E-state index contributed by atoms with van der Waals surface area (Å²) in [7, 11) is 1.73. The lowest BCUT2D eigenvalue weighted by Crippen LogP contribution is -2.40. The van der Waals surface area contributed by atoms with Crippen LogP contribution < -0.4 is 11.1 Å². The number of nitrogens with two attached hydrogens (primary N) is 1. The molecule has 0 aliphatic heterocycles. The van der Waals surface area contributed by atoms with Crippen molar-refractivity contribution in [3.05, 3.63) is 35.9 Å². The van der Waals surface area contributed by atoms with Gasteiger partial charge in [-0.1, -0.05) is 44.2 Å². The third-order valence-electron chi connectivity index (χ3n) is 3.72. The highest BCUT2D eigenvalue weighted by Gasteiger charge is 2.13. The predicted molar refractivity (Wildman–Crippen MR) is 88.2 cm³/mol. The van der Waals surface area contributed by atoms with Crippen LogP contribution in [0.2, 0.25) is 0 Å². The van der Waals surface area contributed by atoms with Gasteiger partial charge in [-0.25, -0.2) is 0 Å². The number of rotatable bonds is 8. The molecule has 1 aromatic carbocycles. The molecule has 1 unspecified atom stereocenters. The van der Waals surface area contributed by atoms with Crippen molar-refractivity contribution in [2.75, 3.05) is 20.1 Å². The van der Waals surface area contributed by atoms with Crippen LogP contribution in [0.25, 0.3) is 0 Å². The van der Waals surface area contributed by atoms with Gasteiger partial charge in [0.1, 0.15) is 0 Å². The van der Waals surface area contributed by atoms with Crippen LogP contribution in [-0.4, -0.2) is 42.9 Å². The Morgan fingerprint density at radius 1 is 1.23 bits per heavy atom. The maximum absolute atomic E-state index is 12.0. The number of nitrogens with one attached hydrogen (secondary N) is 1. The van der Waals surface area contributed by atoms with Gasteiger partial charge in [-0.05, 0) is 17.9 Å². The first kappa shape index (κ1) is 18.2. The number of carbonyl (C=O) groups is 2. The number of hydrogen-bond donors (Lipinski definition) is 2. The average molecular weight is 305 g/mol. The maximum Gasteiger partial charge on any atom is 0.241 e. The van der Waals surface area contributed by atoms with Gasteiger partial charge < -0.3 is 16.0 Å². The van der Waals surface area contributed by atoms with E-state index in [0.717, 1.165) is 12.0 Å². The van der Waals surface area contributed by atoms with Gasteiger partial charge in [0.25, 0.3) is 0 Å². The molecule has 5 heteroatoms. The Labute approximate surface area is 132 Å². The molecule has 2 amide bonds. The molecule has 0 fully saturated rings. The van der Waals surface area contributed by atoms with Gasteiger partial charge in [0, 0.05) is 19.6 Å². The molecule has 1 aromatic rings. The van der Waals surface area contributed by atoms with Crippen LogP contribution in [0, 0.1) is 5.92 Å². The molecule has 22 heavy (non-hydrogen) atoms. The van der Waals surface area contributed by atoms with Crippen LogP contribution in [0.1, 0.15) is 25.8 Å². The zero-order valence-corrected chi connectivity index (χ0v) is 13.7. The van der Waals surface area contributed by atoms with Gasteiger partial charge in [-0.15, -0.1) is 0 Å². The van der Waals surface area contributed by atoms with Crippen LogP contribution in [-0.2, 0) is 16.0 Å². The summed E-state index contributed by atoms with van der Waals surface area (Å²) >= 11 is 0. The lowest BCUT2D eigenvalue weighted by Gasteiger charge is -2.21. The van der Waals surface area contributed by atoms with Crippen molar-refractivity contribution in [3.8, 4) is 0 Å². The van der Waals surface area contributed by atoms with Gasteiger partial charge in [0.05, 0.1) is 13.0 Å². The highest BCUT2D eigenvalue weighted by Crippen LogP contribution is 2.03. The third-order valence-corrected chi connectivity index (χ3v) is 3.72. The number of amides is 2. The van der Waals surface area contributed by atoms with Gasteiger partial charge in [-0.3, -0.25) is 9.59 Å². The van der Waals surface area contributed by atoms with E-state index in [1.807, 2.05) is 30.3 Å². The molecule has 3 N–H and O–H groups in total. The van der Waals surface area contributed by atoms with Crippen LogP contribution in [0.4, 0.5) is 0 Å². The topological polar surface area (TPSA) is 75.4 Å². The minimum absolute atomic E-state index is 0.0269. The fourth-order valence-corrected chi connectivity index (χ4v) is 1.95. The maximum atomic E-state index is 12.0. The number of hydrogen-bond acceptors (Lipinski definition) is 3. The zero-order valence-electron chi connectivity index (χ0n) is 13.7. The molecular formula is C17H27N3O2. The molecule has 1 atom stereocenters. The summed E-state index contributed by atoms with van der Waals surface area (Å²) in [6, 6.07) is 9.55. The summed E-state index contributed by atoms with van der Waals surface area (Å²) in [6.45, 7) is 4.76. The quantitative estimate of drug-likeness (QED) is 0.757. The Hall–Kier alpha value is -1.88. The minimum atomic E-state index is -0.146. The van der Waals surface area contributed by atoms with Crippen molar-refractivity contribution in [2.45, 2.75) is 32.7 Å². The zero-order chi connectivity index (χ0) is 16.5. The molecule has 122 valence electrons. The Kier molecular flexibility index (Phi) is 7.60. The number of likely N-dealkylation sites (N-methyl/N-ethyl adjacent to an activating group) is 1. The van der Waals surface area contributed by atoms with E-state index in [2.05, 4.69) is 19.2 Å². The normalized spacial score (nSPS) is 12.0. The summed E-state index contributed by atoms with van der Waals surface area (Å²) in [5.41, 5.74) is 6.90. The highest BCUT2D eigenvalue weighted by molar-refractivity contribution is 5.85. The van der Waals surface area contributed by atoms with Crippen molar-refractivity contribution in [1.29, 1.82) is 0 Å². The Bertz CT molecular complexity index is 474. The van der Waals surface area contributed by atoms with E-state index in [-0.39, 0.29) is 30.8 Å². The van der Waals surface area contributed by atoms with Crippen LogP contribution in [0.5, 0.6) is 0 Å². The average Bonchev–Trinajstić information content (AvgIpc) is 2.50. The summed E-state index contributed by atoms with van der Waals surface area (Å²) in [5.74, 6) is 0.151. The molecule has 0 radical (unpaired) electrons. The lowest BCUT2D eigenvalue weighted by atomic mass is 10.0.